The van der Waals surface area contributed by atoms with E-state index < -0.39 is 0 Å². The molecule has 0 aliphatic carbocycles. The minimum Gasteiger partial charge on any atom is -0.321 e. The van der Waals surface area contributed by atoms with E-state index in [-0.39, 0.29) is 11.7 Å². The van der Waals surface area contributed by atoms with Crippen molar-refractivity contribution in [3.8, 4) is 0 Å². The number of nitrogens with one attached hydrogen (secondary N) is 1. The van der Waals surface area contributed by atoms with Crippen molar-refractivity contribution in [3.63, 3.8) is 0 Å². The summed E-state index contributed by atoms with van der Waals surface area (Å²) in [7, 11) is 0. The standard InChI is InChI=1S/C19H16N2O2S2/c1-13(22)17-4-2-3-5-18(17)21-19(23)14-6-8-16(9-7-14)25-11-15-10-24-12-20-15/h2-10,12H,11H2,1H3,(H,21,23). The second kappa shape index (κ2) is 8.09. The van der Waals surface area contributed by atoms with Gasteiger partial charge >= 0.3 is 0 Å². The highest BCUT2D eigenvalue weighted by molar-refractivity contribution is 7.98. The van der Waals surface area contributed by atoms with E-state index in [0.717, 1.165) is 16.3 Å². The van der Waals surface area contributed by atoms with Gasteiger partial charge in [-0.15, -0.1) is 23.1 Å². The van der Waals surface area contributed by atoms with Crippen LogP contribution in [0.5, 0.6) is 0 Å². The quantitative estimate of drug-likeness (QED) is 0.497. The molecule has 2 aromatic carbocycles. The van der Waals surface area contributed by atoms with E-state index in [0.29, 0.717) is 16.8 Å². The predicted octanol–water partition coefficient (Wildman–Crippen LogP) is 4.89. The average Bonchev–Trinajstić information content (AvgIpc) is 3.14. The fraction of sp³-hybridized carbons (Fsp3) is 0.105. The van der Waals surface area contributed by atoms with Gasteiger partial charge in [0.1, 0.15) is 0 Å². The summed E-state index contributed by atoms with van der Waals surface area (Å²) < 4.78 is 0. The van der Waals surface area contributed by atoms with Crippen LogP contribution >= 0.6 is 23.1 Å². The van der Waals surface area contributed by atoms with E-state index in [9.17, 15) is 9.59 Å². The van der Waals surface area contributed by atoms with Crippen molar-refractivity contribution >= 4 is 40.5 Å². The first kappa shape index (κ1) is 17.4. The van der Waals surface area contributed by atoms with Crippen LogP contribution in [0, 0.1) is 0 Å². The molecule has 0 unspecified atom stereocenters. The Balaban J connectivity index is 1.66. The van der Waals surface area contributed by atoms with Crippen LogP contribution in [-0.4, -0.2) is 16.7 Å². The molecule has 126 valence electrons. The Morgan fingerprint density at radius 1 is 1.12 bits per heavy atom. The number of rotatable bonds is 6. The molecule has 1 N–H and O–H groups in total. The number of amides is 1. The first-order valence-electron chi connectivity index (χ1n) is 7.65. The average molecular weight is 368 g/mol. The summed E-state index contributed by atoms with van der Waals surface area (Å²) in [5.41, 5.74) is 4.46. The number of aromatic nitrogens is 1. The molecule has 4 nitrogen and oxygen atoms in total. The van der Waals surface area contributed by atoms with Crippen LogP contribution in [0.2, 0.25) is 0 Å². The Morgan fingerprint density at radius 3 is 2.56 bits per heavy atom. The largest absolute Gasteiger partial charge is 0.321 e. The molecule has 0 fully saturated rings. The molecule has 6 heteroatoms. The number of anilines is 1. The van der Waals surface area contributed by atoms with Gasteiger partial charge in [0, 0.05) is 27.2 Å². The summed E-state index contributed by atoms with van der Waals surface area (Å²) in [4.78, 5) is 29.4. The van der Waals surface area contributed by atoms with Crippen LogP contribution in [-0.2, 0) is 5.75 Å². The van der Waals surface area contributed by atoms with Gasteiger partial charge in [0.2, 0.25) is 0 Å². The second-order valence-corrected chi connectivity index (χ2v) is 7.12. The van der Waals surface area contributed by atoms with Crippen molar-refractivity contribution in [1.82, 2.24) is 4.98 Å². The van der Waals surface area contributed by atoms with Crippen molar-refractivity contribution < 1.29 is 9.59 Å². The van der Waals surface area contributed by atoms with Crippen molar-refractivity contribution in [3.05, 3.63) is 76.2 Å². The monoisotopic (exact) mass is 368 g/mol. The number of thiazole rings is 1. The summed E-state index contributed by atoms with van der Waals surface area (Å²) in [6.07, 6.45) is 0. The van der Waals surface area contributed by atoms with Crippen LogP contribution in [0.4, 0.5) is 5.69 Å². The first-order chi connectivity index (χ1) is 12.1. The molecular formula is C19H16N2O2S2. The van der Waals surface area contributed by atoms with Crippen LogP contribution in [0.15, 0.2) is 64.3 Å². The maximum absolute atomic E-state index is 12.4. The van der Waals surface area contributed by atoms with Gasteiger partial charge < -0.3 is 5.32 Å². The normalized spacial score (nSPS) is 10.4. The minimum absolute atomic E-state index is 0.0790. The third kappa shape index (κ3) is 4.55. The molecule has 0 radical (unpaired) electrons. The lowest BCUT2D eigenvalue weighted by Gasteiger charge is -2.09. The Bertz CT molecular complexity index is 875. The van der Waals surface area contributed by atoms with Gasteiger partial charge in [-0.2, -0.15) is 0 Å². The number of para-hydroxylation sites is 1. The number of thioether (sulfide) groups is 1. The molecule has 0 spiro atoms. The van der Waals surface area contributed by atoms with E-state index in [4.69, 9.17) is 0 Å². The molecule has 0 saturated carbocycles. The Kier molecular flexibility index (Phi) is 5.63. The lowest BCUT2D eigenvalue weighted by atomic mass is 10.1. The third-order valence-corrected chi connectivity index (χ3v) is 5.22. The number of Topliss-reactive ketones (excluding diaryl/α,β-unsaturated/α-hetero) is 1. The highest BCUT2D eigenvalue weighted by atomic mass is 32.2. The number of carbonyl (C=O) groups is 2. The van der Waals surface area contributed by atoms with E-state index in [2.05, 4.69) is 10.3 Å². The zero-order valence-corrected chi connectivity index (χ0v) is 15.2. The van der Waals surface area contributed by atoms with Gasteiger partial charge in [-0.3, -0.25) is 9.59 Å². The second-order valence-electron chi connectivity index (χ2n) is 5.35. The van der Waals surface area contributed by atoms with Crippen LogP contribution in [0.25, 0.3) is 0 Å². The van der Waals surface area contributed by atoms with Crippen LogP contribution in [0.1, 0.15) is 33.3 Å². The third-order valence-electron chi connectivity index (χ3n) is 3.54. The van der Waals surface area contributed by atoms with Crippen molar-refractivity contribution in [1.29, 1.82) is 0 Å². The summed E-state index contributed by atoms with van der Waals surface area (Å²) >= 11 is 3.26. The fourth-order valence-electron chi connectivity index (χ4n) is 2.26. The number of benzene rings is 2. The van der Waals surface area contributed by atoms with E-state index in [1.165, 1.54) is 6.92 Å². The molecule has 1 heterocycles. The zero-order chi connectivity index (χ0) is 17.6. The van der Waals surface area contributed by atoms with Gasteiger partial charge in [0.15, 0.2) is 5.78 Å². The molecule has 0 bridgehead atoms. The molecule has 3 aromatic rings. The number of nitrogens with zero attached hydrogens (tertiary/aromatic N) is 1. The zero-order valence-electron chi connectivity index (χ0n) is 13.6. The Hall–Kier alpha value is -2.44. The highest BCUT2D eigenvalue weighted by Crippen LogP contribution is 2.23. The molecule has 3 rings (SSSR count). The molecule has 0 atom stereocenters. The van der Waals surface area contributed by atoms with Gasteiger partial charge in [-0.25, -0.2) is 4.98 Å². The molecule has 1 aromatic heterocycles. The summed E-state index contributed by atoms with van der Waals surface area (Å²) in [5, 5.41) is 4.84. The number of ketones is 1. The maximum atomic E-state index is 12.4. The molecule has 25 heavy (non-hydrogen) atoms. The number of hydrogen-bond donors (Lipinski definition) is 1. The molecule has 0 saturated heterocycles. The number of hydrogen-bond acceptors (Lipinski definition) is 5. The van der Waals surface area contributed by atoms with E-state index >= 15 is 0 Å². The summed E-state index contributed by atoms with van der Waals surface area (Å²) in [6.45, 7) is 1.49. The highest BCUT2D eigenvalue weighted by Gasteiger charge is 2.11. The molecule has 0 aliphatic heterocycles. The maximum Gasteiger partial charge on any atom is 0.255 e. The summed E-state index contributed by atoms with van der Waals surface area (Å²) in [5.74, 6) is 0.496. The molecule has 1 amide bonds. The molecular weight excluding hydrogens is 352 g/mol. The van der Waals surface area contributed by atoms with E-state index in [1.807, 2.05) is 23.0 Å². The minimum atomic E-state index is -0.232. The molecule has 0 aliphatic rings. The fourth-order valence-corrected chi connectivity index (χ4v) is 3.73. The SMILES string of the molecule is CC(=O)c1ccccc1NC(=O)c1ccc(SCc2cscn2)cc1. The van der Waals surface area contributed by atoms with E-state index in [1.54, 1.807) is 59.5 Å². The summed E-state index contributed by atoms with van der Waals surface area (Å²) in [6, 6.07) is 14.4. The Morgan fingerprint density at radius 2 is 1.88 bits per heavy atom. The Labute approximate surface area is 154 Å². The van der Waals surface area contributed by atoms with Crippen LogP contribution in [0.3, 0.4) is 0 Å². The topological polar surface area (TPSA) is 59.1 Å². The van der Waals surface area contributed by atoms with Gasteiger partial charge in [-0.05, 0) is 43.3 Å². The van der Waals surface area contributed by atoms with Crippen molar-refractivity contribution in [2.75, 3.05) is 5.32 Å². The van der Waals surface area contributed by atoms with Crippen molar-refractivity contribution in [2.24, 2.45) is 0 Å². The van der Waals surface area contributed by atoms with Crippen LogP contribution < -0.4 is 5.32 Å². The number of carbonyl (C=O) groups excluding carboxylic acids is 2. The lowest BCUT2D eigenvalue weighted by Crippen LogP contribution is -2.14. The van der Waals surface area contributed by atoms with Gasteiger partial charge in [0.25, 0.3) is 5.91 Å². The lowest BCUT2D eigenvalue weighted by molar-refractivity contribution is 0.101. The van der Waals surface area contributed by atoms with Crippen molar-refractivity contribution in [2.45, 2.75) is 17.6 Å². The van der Waals surface area contributed by atoms with Gasteiger partial charge in [0.05, 0.1) is 16.9 Å². The van der Waals surface area contributed by atoms with Gasteiger partial charge in [-0.1, -0.05) is 12.1 Å². The smallest absolute Gasteiger partial charge is 0.255 e. The first-order valence-corrected chi connectivity index (χ1v) is 9.57. The predicted molar refractivity (Wildman–Crippen MR) is 103 cm³/mol.